The van der Waals surface area contributed by atoms with Crippen molar-refractivity contribution in [3.05, 3.63) is 58.8 Å². The number of hydrogen-bond acceptors (Lipinski definition) is 6. The van der Waals surface area contributed by atoms with E-state index in [0.717, 1.165) is 30.2 Å². The number of Topliss-reactive ketones (excluding diaryl/α,β-unsaturated/α-hetero) is 1. The monoisotopic (exact) mass is 454 g/mol. The number of nitrogens with two attached hydrogens (primary N) is 1. The molecule has 33 heavy (non-hydrogen) atoms. The third-order valence-corrected chi connectivity index (χ3v) is 5.26. The van der Waals surface area contributed by atoms with Crippen molar-refractivity contribution in [1.82, 2.24) is 0 Å². The molecular weight excluding hydrogens is 420 g/mol. The van der Waals surface area contributed by atoms with Crippen LogP contribution in [-0.2, 0) is 25.2 Å². The number of rotatable bonds is 5. The first-order valence-electron chi connectivity index (χ1n) is 10.9. The third-order valence-electron chi connectivity index (χ3n) is 5.26. The summed E-state index contributed by atoms with van der Waals surface area (Å²) in [5.74, 6) is -0.818. The van der Waals surface area contributed by atoms with Gasteiger partial charge in [0.2, 0.25) is 0 Å². The van der Waals surface area contributed by atoms with Crippen LogP contribution in [0.25, 0.3) is 0 Å². The lowest BCUT2D eigenvalue weighted by Gasteiger charge is -2.29. The van der Waals surface area contributed by atoms with E-state index >= 15 is 0 Å². The summed E-state index contributed by atoms with van der Waals surface area (Å²) in [4.78, 5) is 37.9. The van der Waals surface area contributed by atoms with Gasteiger partial charge in [0, 0.05) is 29.1 Å². The number of methoxy groups -OCH3 is 1. The van der Waals surface area contributed by atoms with Gasteiger partial charge in [-0.3, -0.25) is 9.59 Å². The van der Waals surface area contributed by atoms with Crippen molar-refractivity contribution in [2.45, 2.75) is 65.2 Å². The molecule has 0 saturated carbocycles. The summed E-state index contributed by atoms with van der Waals surface area (Å²) in [6, 6.07) is 3.50. The minimum Gasteiger partial charge on any atom is -0.437 e. The van der Waals surface area contributed by atoms with Crippen LogP contribution in [0.1, 0.15) is 65.5 Å². The molecule has 0 fully saturated rings. The SMILES string of the molecule is COC(=O)Oc1cc(NC(=O)/C(=C\N)C(=O)C2=CCCC=C2)c(C(C)(C)C)cc1C(C)(C)C. The largest absolute Gasteiger partial charge is 0.513 e. The van der Waals surface area contributed by atoms with Crippen LogP contribution in [-0.4, -0.2) is 25.0 Å². The molecule has 0 unspecified atom stereocenters. The fraction of sp³-hybridized carbons (Fsp3) is 0.423. The van der Waals surface area contributed by atoms with Gasteiger partial charge in [0.25, 0.3) is 5.91 Å². The number of hydrogen-bond donors (Lipinski definition) is 2. The van der Waals surface area contributed by atoms with Gasteiger partial charge in [-0.25, -0.2) is 4.79 Å². The highest BCUT2D eigenvalue weighted by molar-refractivity contribution is 6.29. The zero-order valence-corrected chi connectivity index (χ0v) is 20.5. The highest BCUT2D eigenvalue weighted by Crippen LogP contribution is 2.40. The first-order chi connectivity index (χ1) is 15.3. The average molecular weight is 455 g/mol. The number of carbonyl (C=O) groups is 3. The van der Waals surface area contributed by atoms with Crippen LogP contribution >= 0.6 is 0 Å². The molecule has 0 spiro atoms. The number of allylic oxidation sites excluding steroid dienone is 4. The molecule has 0 bridgehead atoms. The van der Waals surface area contributed by atoms with E-state index in [1.165, 1.54) is 7.11 Å². The molecule has 1 aliphatic carbocycles. The van der Waals surface area contributed by atoms with Crippen LogP contribution in [0.15, 0.2) is 47.7 Å². The third kappa shape index (κ3) is 6.34. The minimum absolute atomic E-state index is 0.164. The number of ketones is 1. The molecule has 1 amide bonds. The van der Waals surface area contributed by atoms with Crippen molar-refractivity contribution in [2.24, 2.45) is 5.73 Å². The minimum atomic E-state index is -0.866. The number of benzene rings is 1. The quantitative estimate of drug-likeness (QED) is 0.212. The molecule has 178 valence electrons. The van der Waals surface area contributed by atoms with Crippen LogP contribution in [0.2, 0.25) is 0 Å². The maximum absolute atomic E-state index is 13.1. The van der Waals surface area contributed by atoms with Crippen LogP contribution in [0.5, 0.6) is 5.75 Å². The summed E-state index contributed by atoms with van der Waals surface area (Å²) in [7, 11) is 1.23. The molecule has 2 rings (SSSR count). The molecule has 1 aliphatic rings. The Hall–Kier alpha value is -3.35. The first-order valence-corrected chi connectivity index (χ1v) is 10.9. The lowest BCUT2D eigenvalue weighted by atomic mass is 9.79. The highest BCUT2D eigenvalue weighted by Gasteiger charge is 2.29. The lowest BCUT2D eigenvalue weighted by molar-refractivity contribution is -0.118. The molecule has 0 radical (unpaired) electrons. The Morgan fingerprint density at radius 3 is 2.12 bits per heavy atom. The Kier molecular flexibility index (Phi) is 7.90. The number of carbonyl (C=O) groups excluding carboxylic acids is 3. The van der Waals surface area contributed by atoms with Gasteiger partial charge in [-0.05, 0) is 35.3 Å². The summed E-state index contributed by atoms with van der Waals surface area (Å²) in [6.45, 7) is 12.0. The molecule has 1 aromatic rings. The van der Waals surface area contributed by atoms with Gasteiger partial charge in [-0.1, -0.05) is 59.8 Å². The molecular formula is C26H34N2O5. The topological polar surface area (TPSA) is 108 Å². The van der Waals surface area contributed by atoms with Gasteiger partial charge in [-0.2, -0.15) is 0 Å². The second kappa shape index (κ2) is 10.1. The van der Waals surface area contributed by atoms with E-state index in [0.29, 0.717) is 11.3 Å². The van der Waals surface area contributed by atoms with Gasteiger partial charge >= 0.3 is 6.16 Å². The summed E-state index contributed by atoms with van der Waals surface area (Å²) >= 11 is 0. The second-order valence-corrected chi connectivity index (χ2v) is 9.95. The highest BCUT2D eigenvalue weighted by atomic mass is 16.7. The zero-order valence-electron chi connectivity index (χ0n) is 20.5. The maximum Gasteiger partial charge on any atom is 0.513 e. The Morgan fingerprint density at radius 1 is 1.00 bits per heavy atom. The van der Waals surface area contributed by atoms with E-state index < -0.39 is 17.8 Å². The summed E-state index contributed by atoms with van der Waals surface area (Å²) < 4.78 is 10.1. The van der Waals surface area contributed by atoms with Crippen molar-refractivity contribution < 1.29 is 23.9 Å². The van der Waals surface area contributed by atoms with Crippen molar-refractivity contribution in [3.63, 3.8) is 0 Å². The summed E-state index contributed by atoms with van der Waals surface area (Å²) in [5.41, 5.74) is 7.23. The van der Waals surface area contributed by atoms with Gasteiger partial charge < -0.3 is 20.5 Å². The predicted octanol–water partition coefficient (Wildman–Crippen LogP) is 5.05. The standard InChI is InChI=1S/C26H34N2O5/c1-25(2,3)18-13-19(26(4,5)6)21(33-24(31)32-7)14-20(18)28-23(30)17(15-27)22(29)16-11-9-8-10-12-16/h9,11-15H,8,10,27H2,1-7H3,(H,28,30)/b17-15-. The fourth-order valence-corrected chi connectivity index (χ4v) is 3.49. The maximum atomic E-state index is 13.1. The van der Waals surface area contributed by atoms with Gasteiger partial charge in [0.1, 0.15) is 11.3 Å². The molecule has 7 nitrogen and oxygen atoms in total. The average Bonchev–Trinajstić information content (AvgIpc) is 2.73. The van der Waals surface area contributed by atoms with Crippen molar-refractivity contribution in [2.75, 3.05) is 12.4 Å². The van der Waals surface area contributed by atoms with Crippen molar-refractivity contribution >= 4 is 23.5 Å². The van der Waals surface area contributed by atoms with Crippen LogP contribution in [0.3, 0.4) is 0 Å². The molecule has 7 heteroatoms. The zero-order chi connectivity index (χ0) is 25.0. The first kappa shape index (κ1) is 25.9. The number of amides is 1. The molecule has 3 N–H and O–H groups in total. The van der Waals surface area contributed by atoms with E-state index in [1.54, 1.807) is 18.2 Å². The summed E-state index contributed by atoms with van der Waals surface area (Å²) in [6.07, 6.45) is 7.11. The summed E-state index contributed by atoms with van der Waals surface area (Å²) in [5, 5.41) is 2.81. The second-order valence-electron chi connectivity index (χ2n) is 9.95. The Labute approximate surface area is 195 Å². The molecule has 0 saturated heterocycles. The van der Waals surface area contributed by atoms with E-state index in [4.69, 9.17) is 10.5 Å². The van der Waals surface area contributed by atoms with Crippen molar-refractivity contribution in [1.29, 1.82) is 0 Å². The van der Waals surface area contributed by atoms with Gasteiger partial charge in [0.05, 0.1) is 7.11 Å². The Balaban J connectivity index is 2.54. The molecule has 0 aromatic heterocycles. The van der Waals surface area contributed by atoms with Crippen molar-refractivity contribution in [3.8, 4) is 5.75 Å². The number of nitrogens with one attached hydrogen (secondary N) is 1. The van der Waals surface area contributed by atoms with Crippen LogP contribution < -0.4 is 15.8 Å². The fourth-order valence-electron chi connectivity index (χ4n) is 3.49. The van der Waals surface area contributed by atoms with Gasteiger partial charge in [-0.15, -0.1) is 0 Å². The lowest BCUT2D eigenvalue weighted by Crippen LogP contribution is -2.26. The van der Waals surface area contributed by atoms with E-state index in [2.05, 4.69) is 10.1 Å². The predicted molar refractivity (Wildman–Crippen MR) is 129 cm³/mol. The number of ether oxygens (including phenoxy) is 2. The number of anilines is 1. The van der Waals surface area contributed by atoms with E-state index in [9.17, 15) is 14.4 Å². The van der Waals surface area contributed by atoms with E-state index in [1.807, 2.05) is 53.7 Å². The Bertz CT molecular complexity index is 1030. The Morgan fingerprint density at radius 2 is 1.64 bits per heavy atom. The smallest absolute Gasteiger partial charge is 0.437 e. The molecule has 0 aliphatic heterocycles. The van der Waals surface area contributed by atoms with Crippen LogP contribution in [0.4, 0.5) is 10.5 Å². The molecule has 0 heterocycles. The normalized spacial score (nSPS) is 14.4. The van der Waals surface area contributed by atoms with Crippen LogP contribution in [0, 0.1) is 0 Å². The van der Waals surface area contributed by atoms with E-state index in [-0.39, 0.29) is 22.2 Å². The molecule has 0 atom stereocenters. The van der Waals surface area contributed by atoms with Gasteiger partial charge in [0.15, 0.2) is 5.78 Å². The molecule has 1 aromatic carbocycles.